The van der Waals surface area contributed by atoms with Gasteiger partial charge < -0.3 is 10.1 Å². The highest BCUT2D eigenvalue weighted by atomic mass is 16.5. The zero-order chi connectivity index (χ0) is 24.5. The Labute approximate surface area is 197 Å². The molecule has 34 heavy (non-hydrogen) atoms. The van der Waals surface area contributed by atoms with Gasteiger partial charge in [-0.05, 0) is 73.4 Å². The van der Waals surface area contributed by atoms with Crippen molar-refractivity contribution in [2.75, 3.05) is 11.9 Å². The summed E-state index contributed by atoms with van der Waals surface area (Å²) in [5, 5.41) is 11.7. The van der Waals surface area contributed by atoms with Gasteiger partial charge in [-0.15, -0.1) is 0 Å². The maximum atomic E-state index is 13.6. The molecule has 0 spiro atoms. The van der Waals surface area contributed by atoms with Gasteiger partial charge in [0.1, 0.15) is 11.3 Å². The van der Waals surface area contributed by atoms with Gasteiger partial charge in [-0.3, -0.25) is 19.0 Å². The molecule has 0 radical (unpaired) electrons. The monoisotopic (exact) mass is 455 g/mol. The summed E-state index contributed by atoms with van der Waals surface area (Å²) in [4.78, 5) is 39.8. The standard InChI is InChI=1S/C27H25N3O4/c1-4-34-20-11-9-19(10-12-20)30-23-14-27(2,3)15-24(31)21(23)13-22(26(30)33)25(32)29-18-7-5-17(16-28)6-8-18/h5-13H,4,14-15H2,1-3H3,(H,29,32). The number of rotatable bonds is 5. The Hall–Kier alpha value is -4.18. The number of nitrogens with zero attached hydrogens (tertiary/aromatic N) is 2. The molecule has 7 heteroatoms. The molecule has 172 valence electrons. The maximum absolute atomic E-state index is 13.6. The van der Waals surface area contributed by atoms with E-state index in [0.717, 1.165) is 0 Å². The van der Waals surface area contributed by atoms with Crippen LogP contribution in [0.3, 0.4) is 0 Å². The zero-order valence-corrected chi connectivity index (χ0v) is 19.3. The number of fused-ring (bicyclic) bond motifs is 1. The Bertz CT molecular complexity index is 1360. The molecule has 1 amide bonds. The highest BCUT2D eigenvalue weighted by molar-refractivity contribution is 6.07. The molecule has 3 aromatic rings. The van der Waals surface area contributed by atoms with Gasteiger partial charge in [0.15, 0.2) is 5.78 Å². The molecule has 4 rings (SSSR count). The van der Waals surface area contributed by atoms with Crippen LogP contribution in [0.15, 0.2) is 59.4 Å². The van der Waals surface area contributed by atoms with Crippen molar-refractivity contribution in [2.24, 2.45) is 5.41 Å². The molecule has 1 N–H and O–H groups in total. The summed E-state index contributed by atoms with van der Waals surface area (Å²) in [6, 6.07) is 16.8. The van der Waals surface area contributed by atoms with Crippen LogP contribution in [0.1, 0.15) is 59.2 Å². The highest BCUT2D eigenvalue weighted by Crippen LogP contribution is 2.35. The number of nitriles is 1. The largest absolute Gasteiger partial charge is 0.494 e. The molecule has 0 bridgehead atoms. The lowest BCUT2D eigenvalue weighted by molar-refractivity contribution is 0.0908. The lowest BCUT2D eigenvalue weighted by Gasteiger charge is -2.32. The van der Waals surface area contributed by atoms with Gasteiger partial charge in [-0.25, -0.2) is 0 Å². The van der Waals surface area contributed by atoms with Crippen LogP contribution in [0, 0.1) is 16.7 Å². The molecule has 1 aliphatic carbocycles. The fourth-order valence-corrected chi connectivity index (χ4v) is 4.23. The number of nitrogens with one attached hydrogen (secondary N) is 1. The molecule has 0 saturated heterocycles. The van der Waals surface area contributed by atoms with E-state index in [1.807, 2.05) is 26.8 Å². The number of anilines is 1. The predicted molar refractivity (Wildman–Crippen MR) is 129 cm³/mol. The number of hydrogen-bond acceptors (Lipinski definition) is 5. The Balaban J connectivity index is 1.83. The van der Waals surface area contributed by atoms with Crippen molar-refractivity contribution in [2.45, 2.75) is 33.6 Å². The molecule has 0 saturated carbocycles. The number of carbonyl (C=O) groups excluding carboxylic acids is 2. The molecular formula is C27H25N3O4. The topological polar surface area (TPSA) is 101 Å². The normalized spacial score (nSPS) is 14.1. The lowest BCUT2D eigenvalue weighted by Crippen LogP contribution is -2.37. The van der Waals surface area contributed by atoms with Crippen LogP contribution >= 0.6 is 0 Å². The first-order valence-electron chi connectivity index (χ1n) is 11.1. The second-order valence-corrected chi connectivity index (χ2v) is 9.07. The first-order valence-corrected chi connectivity index (χ1v) is 11.1. The molecule has 1 heterocycles. The summed E-state index contributed by atoms with van der Waals surface area (Å²) in [5.41, 5.74) is 1.52. The van der Waals surface area contributed by atoms with Crippen LogP contribution in [0.2, 0.25) is 0 Å². The molecule has 1 aromatic heterocycles. The number of ketones is 1. The number of amides is 1. The molecule has 0 aliphatic heterocycles. The highest BCUT2D eigenvalue weighted by Gasteiger charge is 2.35. The fourth-order valence-electron chi connectivity index (χ4n) is 4.23. The van der Waals surface area contributed by atoms with E-state index in [2.05, 4.69) is 5.32 Å². The third-order valence-corrected chi connectivity index (χ3v) is 5.81. The van der Waals surface area contributed by atoms with E-state index in [0.29, 0.717) is 53.4 Å². The lowest BCUT2D eigenvalue weighted by atomic mass is 9.75. The van der Waals surface area contributed by atoms with Crippen LogP contribution in [-0.4, -0.2) is 22.9 Å². The first-order chi connectivity index (χ1) is 16.2. The number of hydrogen-bond donors (Lipinski definition) is 1. The number of benzene rings is 2. The molecule has 1 aliphatic rings. The van der Waals surface area contributed by atoms with Gasteiger partial charge in [0.2, 0.25) is 0 Å². The van der Waals surface area contributed by atoms with Gasteiger partial charge >= 0.3 is 0 Å². The molecule has 0 unspecified atom stereocenters. The summed E-state index contributed by atoms with van der Waals surface area (Å²) < 4.78 is 6.98. The zero-order valence-electron chi connectivity index (χ0n) is 19.3. The van der Waals surface area contributed by atoms with Gasteiger partial charge in [0, 0.05) is 29.1 Å². The van der Waals surface area contributed by atoms with E-state index in [9.17, 15) is 14.4 Å². The predicted octanol–water partition coefficient (Wildman–Crippen LogP) is 4.52. The van der Waals surface area contributed by atoms with Gasteiger partial charge in [-0.2, -0.15) is 5.26 Å². The second kappa shape index (κ2) is 8.99. The van der Waals surface area contributed by atoms with Crippen molar-refractivity contribution in [3.05, 3.63) is 87.3 Å². The summed E-state index contributed by atoms with van der Waals surface area (Å²) in [6.07, 6.45) is 0.853. The molecule has 2 aromatic carbocycles. The number of ether oxygens (including phenoxy) is 1. The van der Waals surface area contributed by atoms with Crippen molar-refractivity contribution < 1.29 is 14.3 Å². The van der Waals surface area contributed by atoms with E-state index in [1.54, 1.807) is 48.5 Å². The average molecular weight is 456 g/mol. The van der Waals surface area contributed by atoms with E-state index in [4.69, 9.17) is 10.00 Å². The van der Waals surface area contributed by atoms with E-state index < -0.39 is 11.5 Å². The van der Waals surface area contributed by atoms with Crippen LogP contribution in [0.4, 0.5) is 5.69 Å². The second-order valence-electron chi connectivity index (χ2n) is 9.07. The number of pyridine rings is 1. The van der Waals surface area contributed by atoms with Crippen molar-refractivity contribution in [3.8, 4) is 17.5 Å². The van der Waals surface area contributed by atoms with Crippen LogP contribution in [0.5, 0.6) is 5.75 Å². The number of aromatic nitrogens is 1. The minimum Gasteiger partial charge on any atom is -0.494 e. The third-order valence-electron chi connectivity index (χ3n) is 5.81. The minimum absolute atomic E-state index is 0.0987. The fraction of sp³-hybridized carbons (Fsp3) is 0.259. The summed E-state index contributed by atoms with van der Waals surface area (Å²) in [7, 11) is 0. The third kappa shape index (κ3) is 4.48. The van der Waals surface area contributed by atoms with Crippen molar-refractivity contribution in [1.29, 1.82) is 5.26 Å². The van der Waals surface area contributed by atoms with Crippen LogP contribution in [0.25, 0.3) is 5.69 Å². The Morgan fingerprint density at radius 3 is 2.38 bits per heavy atom. The molecule has 0 fully saturated rings. The van der Waals surface area contributed by atoms with E-state index >= 15 is 0 Å². The minimum atomic E-state index is -0.616. The van der Waals surface area contributed by atoms with Crippen molar-refractivity contribution >= 4 is 17.4 Å². The Morgan fingerprint density at radius 1 is 1.09 bits per heavy atom. The van der Waals surface area contributed by atoms with E-state index in [-0.39, 0.29) is 16.8 Å². The quantitative estimate of drug-likeness (QED) is 0.610. The van der Waals surface area contributed by atoms with E-state index in [1.165, 1.54) is 10.6 Å². The van der Waals surface area contributed by atoms with Crippen molar-refractivity contribution in [1.82, 2.24) is 4.57 Å². The van der Waals surface area contributed by atoms with Gasteiger partial charge in [0.05, 0.1) is 18.2 Å². The summed E-state index contributed by atoms with van der Waals surface area (Å²) in [6.45, 7) is 6.39. The maximum Gasteiger partial charge on any atom is 0.268 e. The molecule has 7 nitrogen and oxygen atoms in total. The molecular weight excluding hydrogens is 430 g/mol. The summed E-state index contributed by atoms with van der Waals surface area (Å²) >= 11 is 0. The first kappa shape index (κ1) is 23.0. The van der Waals surface area contributed by atoms with Crippen molar-refractivity contribution in [3.63, 3.8) is 0 Å². The Kier molecular flexibility index (Phi) is 6.08. The van der Waals surface area contributed by atoms with Gasteiger partial charge in [0.25, 0.3) is 11.5 Å². The van der Waals surface area contributed by atoms with Crippen LogP contribution < -0.4 is 15.6 Å². The summed E-state index contributed by atoms with van der Waals surface area (Å²) in [5.74, 6) is -0.0486. The number of Topliss-reactive ketones (excluding diaryl/α,β-unsaturated/α-hetero) is 1. The Morgan fingerprint density at radius 2 is 1.76 bits per heavy atom. The smallest absolute Gasteiger partial charge is 0.268 e. The SMILES string of the molecule is CCOc1ccc(-n2c3c(cc(C(=O)Nc4ccc(C#N)cc4)c2=O)C(=O)CC(C)(C)C3)cc1. The average Bonchev–Trinajstić information content (AvgIpc) is 2.79. The number of carbonyl (C=O) groups is 2. The molecule has 0 atom stereocenters. The van der Waals surface area contributed by atoms with Crippen LogP contribution in [-0.2, 0) is 6.42 Å². The van der Waals surface area contributed by atoms with Gasteiger partial charge in [-0.1, -0.05) is 13.8 Å².